The number of carbonyl (C=O) groups excluding carboxylic acids is 1. The minimum Gasteiger partial charge on any atom is -0.353 e. The van der Waals surface area contributed by atoms with E-state index in [1.54, 1.807) is 18.6 Å². The van der Waals surface area contributed by atoms with E-state index in [1.807, 2.05) is 6.92 Å². The molecule has 0 radical (unpaired) electrons. The van der Waals surface area contributed by atoms with Crippen LogP contribution >= 0.6 is 0 Å². The monoisotopic (exact) mass is 330 g/mol. The maximum atomic E-state index is 12.5. The number of nitrogens with one attached hydrogen (secondary N) is 1. The zero-order valence-electron chi connectivity index (χ0n) is 14.8. The average molecular weight is 330 g/mol. The Morgan fingerprint density at radius 1 is 1.21 bits per heavy atom. The Bertz CT molecular complexity index is 507. The van der Waals surface area contributed by atoms with Gasteiger partial charge in [0, 0.05) is 43.0 Å². The highest BCUT2D eigenvalue weighted by atomic mass is 16.1. The van der Waals surface area contributed by atoms with Crippen molar-refractivity contribution in [3.8, 4) is 0 Å². The van der Waals surface area contributed by atoms with Gasteiger partial charge in [-0.25, -0.2) is 0 Å². The van der Waals surface area contributed by atoms with Gasteiger partial charge >= 0.3 is 0 Å². The van der Waals surface area contributed by atoms with E-state index < -0.39 is 0 Å². The lowest BCUT2D eigenvalue weighted by atomic mass is 9.89. The molecule has 2 heterocycles. The summed E-state index contributed by atoms with van der Waals surface area (Å²) in [6.45, 7) is 4.21. The van der Waals surface area contributed by atoms with E-state index in [-0.39, 0.29) is 17.9 Å². The van der Waals surface area contributed by atoms with Gasteiger partial charge in [-0.15, -0.1) is 0 Å². The van der Waals surface area contributed by atoms with Crippen LogP contribution in [0.15, 0.2) is 18.6 Å². The van der Waals surface area contributed by atoms with Crippen molar-refractivity contribution in [2.45, 2.75) is 70.4 Å². The summed E-state index contributed by atoms with van der Waals surface area (Å²) in [4.78, 5) is 23.5. The quantitative estimate of drug-likeness (QED) is 0.901. The van der Waals surface area contributed by atoms with E-state index in [0.29, 0.717) is 0 Å². The molecule has 132 valence electrons. The molecule has 2 fully saturated rings. The van der Waals surface area contributed by atoms with Gasteiger partial charge in [0.2, 0.25) is 5.91 Å². The van der Waals surface area contributed by atoms with Gasteiger partial charge in [-0.3, -0.25) is 14.8 Å². The number of nitrogens with zero attached hydrogens (tertiary/aromatic N) is 3. The van der Waals surface area contributed by atoms with Crippen LogP contribution in [0.1, 0.15) is 57.6 Å². The van der Waals surface area contributed by atoms with Crippen molar-refractivity contribution in [3.63, 3.8) is 0 Å². The lowest BCUT2D eigenvalue weighted by molar-refractivity contribution is -0.127. The van der Waals surface area contributed by atoms with E-state index in [1.165, 1.54) is 32.1 Å². The van der Waals surface area contributed by atoms with Crippen LogP contribution < -0.4 is 5.32 Å². The highest BCUT2D eigenvalue weighted by Gasteiger charge is 2.29. The molecule has 1 aliphatic heterocycles. The molecule has 3 rings (SSSR count). The fraction of sp³-hybridized carbons (Fsp3) is 0.737. The summed E-state index contributed by atoms with van der Waals surface area (Å²) >= 11 is 0. The Balaban J connectivity index is 1.41. The molecule has 1 unspecified atom stereocenters. The second kappa shape index (κ2) is 8.56. The first-order chi connectivity index (χ1) is 11.7. The van der Waals surface area contributed by atoms with Gasteiger partial charge in [0.1, 0.15) is 0 Å². The van der Waals surface area contributed by atoms with Gasteiger partial charge in [0.05, 0.1) is 5.69 Å². The lowest BCUT2D eigenvalue weighted by Gasteiger charge is -2.39. The van der Waals surface area contributed by atoms with Crippen LogP contribution in [-0.4, -0.2) is 45.9 Å². The number of hydrogen-bond donors (Lipinski definition) is 1. The molecule has 1 saturated carbocycles. The predicted molar refractivity (Wildman–Crippen MR) is 94.5 cm³/mol. The molecule has 1 aliphatic carbocycles. The summed E-state index contributed by atoms with van der Waals surface area (Å²) in [5.74, 6) is 0.392. The number of carbonyl (C=O) groups is 1. The van der Waals surface area contributed by atoms with E-state index in [4.69, 9.17) is 0 Å². The number of hydrogen-bond acceptors (Lipinski definition) is 4. The molecular weight excluding hydrogens is 300 g/mol. The fourth-order valence-corrected chi connectivity index (χ4v) is 4.13. The molecule has 2 aliphatic rings. The molecule has 5 heteroatoms. The van der Waals surface area contributed by atoms with Gasteiger partial charge in [0.15, 0.2) is 0 Å². The molecule has 1 aromatic rings. The van der Waals surface area contributed by atoms with Crippen molar-refractivity contribution in [1.29, 1.82) is 0 Å². The Hall–Kier alpha value is -1.49. The van der Waals surface area contributed by atoms with Gasteiger partial charge in [-0.05, 0) is 45.7 Å². The third kappa shape index (κ3) is 4.76. The summed E-state index contributed by atoms with van der Waals surface area (Å²) in [7, 11) is 0. The van der Waals surface area contributed by atoms with Crippen molar-refractivity contribution in [3.05, 3.63) is 24.3 Å². The smallest absolute Gasteiger partial charge is 0.223 e. The number of amides is 1. The standard InChI is InChI=1S/C19H30N4O/c1-15(13-17-14-20-9-10-21-17)22-19(24)16-7-11-23(12-8-16)18-5-3-2-4-6-18/h9-10,14-16,18H,2-8,11-13H2,1H3,(H,22,24). The Kier molecular flexibility index (Phi) is 6.18. The minimum atomic E-state index is 0.102. The highest BCUT2D eigenvalue weighted by Crippen LogP contribution is 2.27. The topological polar surface area (TPSA) is 58.1 Å². The first kappa shape index (κ1) is 17.3. The van der Waals surface area contributed by atoms with Crippen LogP contribution in [0.2, 0.25) is 0 Å². The summed E-state index contributed by atoms with van der Waals surface area (Å²) in [6, 6.07) is 0.879. The zero-order chi connectivity index (χ0) is 16.8. The molecule has 0 bridgehead atoms. The SMILES string of the molecule is CC(Cc1cnccn1)NC(=O)C1CCN(C2CCCCC2)CC1. The van der Waals surface area contributed by atoms with Crippen LogP contribution in [0.5, 0.6) is 0 Å². The maximum Gasteiger partial charge on any atom is 0.223 e. The van der Waals surface area contributed by atoms with Gasteiger partial charge in [-0.1, -0.05) is 19.3 Å². The molecule has 1 amide bonds. The van der Waals surface area contributed by atoms with Crippen molar-refractivity contribution in [1.82, 2.24) is 20.2 Å². The number of likely N-dealkylation sites (tertiary alicyclic amines) is 1. The Labute approximate surface area is 145 Å². The third-order valence-corrected chi connectivity index (χ3v) is 5.51. The normalized spacial score (nSPS) is 22.2. The Morgan fingerprint density at radius 3 is 2.62 bits per heavy atom. The van der Waals surface area contributed by atoms with Gasteiger partial charge in [0.25, 0.3) is 0 Å². The molecule has 1 N–H and O–H groups in total. The van der Waals surface area contributed by atoms with Crippen LogP contribution in [-0.2, 0) is 11.2 Å². The average Bonchev–Trinajstić information content (AvgIpc) is 2.63. The maximum absolute atomic E-state index is 12.5. The van der Waals surface area contributed by atoms with Crippen LogP contribution in [0, 0.1) is 5.92 Å². The van der Waals surface area contributed by atoms with Crippen molar-refractivity contribution < 1.29 is 4.79 Å². The van der Waals surface area contributed by atoms with Crippen molar-refractivity contribution >= 4 is 5.91 Å². The number of rotatable bonds is 5. The fourth-order valence-electron chi connectivity index (χ4n) is 4.13. The summed E-state index contributed by atoms with van der Waals surface area (Å²) in [6.07, 6.45) is 14.7. The van der Waals surface area contributed by atoms with Gasteiger partial charge < -0.3 is 10.2 Å². The Morgan fingerprint density at radius 2 is 1.96 bits per heavy atom. The molecule has 24 heavy (non-hydrogen) atoms. The second-order valence-electron chi connectivity index (χ2n) is 7.41. The predicted octanol–water partition coefficient (Wildman–Crippen LogP) is 2.57. The molecule has 1 aromatic heterocycles. The van der Waals surface area contributed by atoms with Crippen LogP contribution in [0.25, 0.3) is 0 Å². The zero-order valence-corrected chi connectivity index (χ0v) is 14.8. The summed E-state index contributed by atoms with van der Waals surface area (Å²) < 4.78 is 0. The molecule has 0 spiro atoms. The van der Waals surface area contributed by atoms with Crippen molar-refractivity contribution in [2.24, 2.45) is 5.92 Å². The second-order valence-corrected chi connectivity index (χ2v) is 7.41. The first-order valence-corrected chi connectivity index (χ1v) is 9.51. The van der Waals surface area contributed by atoms with E-state index >= 15 is 0 Å². The minimum absolute atomic E-state index is 0.102. The lowest BCUT2D eigenvalue weighted by Crippen LogP contribution is -2.47. The molecule has 1 atom stereocenters. The first-order valence-electron chi connectivity index (χ1n) is 9.51. The van der Waals surface area contributed by atoms with E-state index in [2.05, 4.69) is 20.2 Å². The number of piperidine rings is 1. The van der Waals surface area contributed by atoms with Gasteiger partial charge in [-0.2, -0.15) is 0 Å². The molecule has 5 nitrogen and oxygen atoms in total. The van der Waals surface area contributed by atoms with Crippen LogP contribution in [0.4, 0.5) is 0 Å². The third-order valence-electron chi connectivity index (χ3n) is 5.51. The highest BCUT2D eigenvalue weighted by molar-refractivity contribution is 5.79. The van der Waals surface area contributed by atoms with E-state index in [9.17, 15) is 4.79 Å². The van der Waals surface area contributed by atoms with Crippen molar-refractivity contribution in [2.75, 3.05) is 13.1 Å². The molecule has 1 saturated heterocycles. The van der Waals surface area contributed by atoms with Crippen LogP contribution in [0.3, 0.4) is 0 Å². The van der Waals surface area contributed by atoms with E-state index in [0.717, 1.165) is 44.1 Å². The largest absolute Gasteiger partial charge is 0.353 e. The molecular formula is C19H30N4O. The molecule has 0 aromatic carbocycles. The summed E-state index contributed by atoms with van der Waals surface area (Å²) in [5, 5.41) is 3.17. The summed E-state index contributed by atoms with van der Waals surface area (Å²) in [5.41, 5.74) is 0.928. The number of aromatic nitrogens is 2.